The minimum absolute atomic E-state index is 0.712. The van der Waals surface area contributed by atoms with E-state index in [0.717, 1.165) is 30.6 Å². The molecule has 0 spiro atoms. The molecule has 1 saturated carbocycles. The van der Waals surface area contributed by atoms with Crippen LogP contribution in [0.2, 0.25) is 0 Å². The number of hydrogen-bond acceptors (Lipinski definition) is 4. The van der Waals surface area contributed by atoms with Gasteiger partial charge in [-0.2, -0.15) is 4.98 Å². The third kappa shape index (κ3) is 2.78. The van der Waals surface area contributed by atoms with Crippen molar-refractivity contribution in [2.75, 3.05) is 6.54 Å². The highest BCUT2D eigenvalue weighted by Crippen LogP contribution is 2.33. The van der Waals surface area contributed by atoms with Gasteiger partial charge in [0, 0.05) is 19.0 Å². The average molecular weight is 209 g/mol. The molecule has 1 aliphatic rings. The van der Waals surface area contributed by atoms with E-state index in [1.54, 1.807) is 0 Å². The molecule has 4 heteroatoms. The van der Waals surface area contributed by atoms with E-state index in [-0.39, 0.29) is 0 Å². The summed E-state index contributed by atoms with van der Waals surface area (Å²) in [6, 6.07) is 0.712. The van der Waals surface area contributed by atoms with Crippen LogP contribution in [0.1, 0.15) is 32.5 Å². The first-order valence-electron chi connectivity index (χ1n) is 5.74. The molecule has 15 heavy (non-hydrogen) atoms. The van der Waals surface area contributed by atoms with Crippen LogP contribution in [-0.2, 0) is 6.42 Å². The van der Waals surface area contributed by atoms with E-state index in [4.69, 9.17) is 0 Å². The molecule has 1 fully saturated rings. The van der Waals surface area contributed by atoms with Gasteiger partial charge in [-0.15, -0.1) is 0 Å². The average Bonchev–Trinajstić information content (AvgIpc) is 2.60. The zero-order valence-electron chi connectivity index (χ0n) is 9.44. The molecule has 0 radical (unpaired) electrons. The second kappa shape index (κ2) is 4.75. The van der Waals surface area contributed by atoms with E-state index in [2.05, 4.69) is 33.8 Å². The van der Waals surface area contributed by atoms with Crippen molar-refractivity contribution in [3.8, 4) is 0 Å². The van der Waals surface area contributed by atoms with Crippen molar-refractivity contribution in [1.82, 2.24) is 15.5 Å². The Balaban J connectivity index is 1.57. The van der Waals surface area contributed by atoms with Gasteiger partial charge in [-0.05, 0) is 24.7 Å². The molecule has 1 heterocycles. The van der Waals surface area contributed by atoms with Crippen LogP contribution in [0, 0.1) is 11.8 Å². The summed E-state index contributed by atoms with van der Waals surface area (Å²) >= 11 is 0. The molecule has 1 aliphatic carbocycles. The maximum Gasteiger partial charge on any atom is 0.213 e. The molecule has 0 bridgehead atoms. The lowest BCUT2D eigenvalue weighted by Crippen LogP contribution is -2.43. The highest BCUT2D eigenvalue weighted by atomic mass is 16.5. The Morgan fingerprint density at radius 1 is 1.53 bits per heavy atom. The van der Waals surface area contributed by atoms with Gasteiger partial charge in [-0.25, -0.2) is 0 Å². The lowest BCUT2D eigenvalue weighted by atomic mass is 9.74. The van der Waals surface area contributed by atoms with Gasteiger partial charge >= 0.3 is 0 Å². The zero-order valence-corrected chi connectivity index (χ0v) is 9.44. The van der Waals surface area contributed by atoms with E-state index in [1.807, 2.05) is 0 Å². The van der Waals surface area contributed by atoms with E-state index in [0.29, 0.717) is 6.04 Å². The third-order valence-electron chi connectivity index (χ3n) is 3.31. The summed E-state index contributed by atoms with van der Waals surface area (Å²) in [6.07, 6.45) is 4.89. The van der Waals surface area contributed by atoms with Crippen LogP contribution in [0.15, 0.2) is 10.9 Å². The maximum atomic E-state index is 4.67. The van der Waals surface area contributed by atoms with Gasteiger partial charge in [0.1, 0.15) is 0 Å². The normalized spacial score (nSPS) is 25.5. The molecule has 0 aliphatic heterocycles. The molecule has 0 amide bonds. The molecule has 0 atom stereocenters. The topological polar surface area (TPSA) is 51.0 Å². The van der Waals surface area contributed by atoms with E-state index >= 15 is 0 Å². The first-order valence-corrected chi connectivity index (χ1v) is 5.74. The van der Waals surface area contributed by atoms with Gasteiger partial charge in [0.15, 0.2) is 5.82 Å². The second-order valence-corrected chi connectivity index (χ2v) is 4.72. The number of nitrogens with zero attached hydrogens (tertiary/aromatic N) is 2. The molecule has 1 aromatic heterocycles. The van der Waals surface area contributed by atoms with E-state index in [9.17, 15) is 0 Å². The van der Waals surface area contributed by atoms with Gasteiger partial charge in [-0.1, -0.05) is 19.0 Å². The third-order valence-corrected chi connectivity index (χ3v) is 3.31. The molecule has 2 rings (SSSR count). The number of hydrogen-bond donors (Lipinski definition) is 1. The zero-order chi connectivity index (χ0) is 10.7. The highest BCUT2D eigenvalue weighted by molar-refractivity contribution is 4.88. The summed E-state index contributed by atoms with van der Waals surface area (Å²) in [6.45, 7) is 5.56. The molecular formula is C11H19N3O. The van der Waals surface area contributed by atoms with Crippen molar-refractivity contribution in [3.63, 3.8) is 0 Å². The largest absolute Gasteiger partial charge is 0.343 e. The molecule has 0 aromatic carbocycles. The summed E-state index contributed by atoms with van der Waals surface area (Å²) in [5, 5.41) is 7.29. The number of aromatic nitrogens is 2. The SMILES string of the molecule is CC(C)C1CC(NCCc2ncon2)C1. The van der Waals surface area contributed by atoms with E-state index < -0.39 is 0 Å². The summed E-state index contributed by atoms with van der Waals surface area (Å²) < 4.78 is 4.67. The molecule has 0 saturated heterocycles. The fourth-order valence-corrected chi connectivity index (χ4v) is 2.06. The predicted molar refractivity (Wildman–Crippen MR) is 57.4 cm³/mol. The van der Waals surface area contributed by atoms with Crippen molar-refractivity contribution >= 4 is 0 Å². The Bertz CT molecular complexity index is 278. The smallest absolute Gasteiger partial charge is 0.213 e. The molecule has 4 nitrogen and oxygen atoms in total. The Hall–Kier alpha value is -0.900. The lowest BCUT2D eigenvalue weighted by Gasteiger charge is -2.38. The van der Waals surface area contributed by atoms with Crippen LogP contribution in [0.25, 0.3) is 0 Å². The van der Waals surface area contributed by atoms with Gasteiger partial charge in [0.25, 0.3) is 0 Å². The Morgan fingerprint density at radius 3 is 2.93 bits per heavy atom. The maximum absolute atomic E-state index is 4.67. The lowest BCUT2D eigenvalue weighted by molar-refractivity contribution is 0.169. The van der Waals surface area contributed by atoms with Crippen molar-refractivity contribution in [2.24, 2.45) is 11.8 Å². The minimum atomic E-state index is 0.712. The van der Waals surface area contributed by atoms with Crippen LogP contribution < -0.4 is 5.32 Å². The quantitative estimate of drug-likeness (QED) is 0.801. The number of rotatable bonds is 5. The van der Waals surface area contributed by atoms with Crippen LogP contribution >= 0.6 is 0 Å². The van der Waals surface area contributed by atoms with Crippen molar-refractivity contribution in [2.45, 2.75) is 39.2 Å². The molecule has 0 unspecified atom stereocenters. The van der Waals surface area contributed by atoms with Gasteiger partial charge < -0.3 is 9.84 Å². The van der Waals surface area contributed by atoms with Gasteiger partial charge in [0.2, 0.25) is 6.39 Å². The predicted octanol–water partition coefficient (Wildman–Crippen LogP) is 1.64. The number of nitrogens with one attached hydrogen (secondary N) is 1. The fourth-order valence-electron chi connectivity index (χ4n) is 2.06. The molecular weight excluding hydrogens is 190 g/mol. The Kier molecular flexibility index (Phi) is 3.36. The second-order valence-electron chi connectivity index (χ2n) is 4.72. The first-order chi connectivity index (χ1) is 7.25. The highest BCUT2D eigenvalue weighted by Gasteiger charge is 2.30. The molecule has 84 valence electrons. The van der Waals surface area contributed by atoms with Crippen LogP contribution in [0.4, 0.5) is 0 Å². The Morgan fingerprint density at radius 2 is 2.33 bits per heavy atom. The van der Waals surface area contributed by atoms with E-state index in [1.165, 1.54) is 19.2 Å². The molecule has 1 aromatic rings. The molecule has 1 N–H and O–H groups in total. The van der Waals surface area contributed by atoms with Gasteiger partial charge in [-0.3, -0.25) is 0 Å². The first kappa shape index (κ1) is 10.6. The minimum Gasteiger partial charge on any atom is -0.343 e. The Labute approximate surface area is 90.4 Å². The summed E-state index contributed by atoms with van der Waals surface area (Å²) in [4.78, 5) is 3.98. The standard InChI is InChI=1S/C11H19N3O/c1-8(2)9-5-10(6-9)12-4-3-11-13-7-15-14-11/h7-10,12H,3-6H2,1-2H3. The van der Waals surface area contributed by atoms with Crippen LogP contribution in [-0.4, -0.2) is 22.7 Å². The van der Waals surface area contributed by atoms with Crippen molar-refractivity contribution < 1.29 is 4.52 Å². The fraction of sp³-hybridized carbons (Fsp3) is 0.818. The summed E-state index contributed by atoms with van der Waals surface area (Å²) in [7, 11) is 0. The van der Waals surface area contributed by atoms with Crippen LogP contribution in [0.5, 0.6) is 0 Å². The van der Waals surface area contributed by atoms with Gasteiger partial charge in [0.05, 0.1) is 0 Å². The summed E-state index contributed by atoms with van der Waals surface area (Å²) in [5.74, 6) is 2.55. The van der Waals surface area contributed by atoms with Crippen molar-refractivity contribution in [3.05, 3.63) is 12.2 Å². The van der Waals surface area contributed by atoms with Crippen molar-refractivity contribution in [1.29, 1.82) is 0 Å². The monoisotopic (exact) mass is 209 g/mol. The summed E-state index contributed by atoms with van der Waals surface area (Å²) in [5.41, 5.74) is 0. The van der Waals surface area contributed by atoms with Crippen LogP contribution in [0.3, 0.4) is 0 Å².